The van der Waals surface area contributed by atoms with Crippen LogP contribution in [0.4, 0.5) is 0 Å². The van der Waals surface area contributed by atoms with Gasteiger partial charge in [-0.2, -0.15) is 0 Å². The van der Waals surface area contributed by atoms with E-state index in [1.165, 1.54) is 21.0 Å². The van der Waals surface area contributed by atoms with E-state index in [0.717, 1.165) is 0 Å². The summed E-state index contributed by atoms with van der Waals surface area (Å²) in [7, 11) is 1.26. The van der Waals surface area contributed by atoms with E-state index >= 15 is 0 Å². The van der Waals surface area contributed by atoms with Crippen molar-refractivity contribution < 1.29 is 42.9 Å². The molecule has 39 heavy (non-hydrogen) atoms. The van der Waals surface area contributed by atoms with E-state index in [0.29, 0.717) is 18.4 Å². The minimum atomic E-state index is -1.70. The Kier molecular flexibility index (Phi) is 5.69. The van der Waals surface area contributed by atoms with Crippen molar-refractivity contribution in [3.05, 3.63) is 23.0 Å². The van der Waals surface area contributed by atoms with Crippen LogP contribution in [0.25, 0.3) is 0 Å². The molecule has 4 aliphatic carbocycles. The van der Waals surface area contributed by atoms with Gasteiger partial charge in [-0.1, -0.05) is 32.4 Å². The fourth-order valence-corrected chi connectivity index (χ4v) is 9.85. The van der Waals surface area contributed by atoms with Crippen LogP contribution in [0.3, 0.4) is 0 Å². The molecule has 2 saturated carbocycles. The fraction of sp³-hybridized carbons (Fsp3) is 0.700. The van der Waals surface area contributed by atoms with Crippen LogP contribution in [0.15, 0.2) is 23.0 Å². The first-order valence-electron chi connectivity index (χ1n) is 13.6. The lowest BCUT2D eigenvalue weighted by Crippen LogP contribution is -2.71. The first kappa shape index (κ1) is 27.6. The zero-order valence-electron chi connectivity index (χ0n) is 24.2. The number of hydrogen-bond donors (Lipinski definition) is 0. The van der Waals surface area contributed by atoms with Crippen LogP contribution < -0.4 is 0 Å². The quantitative estimate of drug-likeness (QED) is 0.297. The summed E-state index contributed by atoms with van der Waals surface area (Å²) in [4.78, 5) is 66.6. The van der Waals surface area contributed by atoms with Gasteiger partial charge in [0.15, 0.2) is 5.78 Å². The summed E-state index contributed by atoms with van der Waals surface area (Å²) in [6.07, 6.45) is 2.02. The maximum atomic E-state index is 14.2. The van der Waals surface area contributed by atoms with Gasteiger partial charge in [0.05, 0.1) is 17.9 Å². The molecule has 0 spiro atoms. The van der Waals surface area contributed by atoms with E-state index < -0.39 is 57.1 Å². The molecule has 0 aromatic rings. The normalized spacial score (nSPS) is 43.5. The summed E-state index contributed by atoms with van der Waals surface area (Å²) in [6, 6.07) is 0. The van der Waals surface area contributed by atoms with Gasteiger partial charge < -0.3 is 18.9 Å². The predicted octanol–water partition coefficient (Wildman–Crippen LogP) is 3.84. The van der Waals surface area contributed by atoms with E-state index in [-0.39, 0.29) is 41.4 Å². The molecule has 9 heteroatoms. The molecule has 2 unspecified atom stereocenters. The highest BCUT2D eigenvalue weighted by atomic mass is 16.6. The third-order valence-corrected chi connectivity index (χ3v) is 11.2. The van der Waals surface area contributed by atoms with Crippen molar-refractivity contribution in [1.29, 1.82) is 0 Å². The standard InChI is InChI=1S/C30H38O9/c1-14-12-19-27(7,30(25(35)36-9)23(38-17(4)32)15(2)22(33)28(14,30)8)13-18-21-26(5,6)20(37-16(3)31)10-11-29(19,21)24(34)39-18/h12,18-21H,10-11,13H2,1-9H3/t18-,19?,20-,21?,27-,28-,29+,30+/m0/s1. The molecule has 3 fully saturated rings. The molecular weight excluding hydrogens is 504 g/mol. The number of fused-ring (bicyclic) bond motifs is 3. The van der Waals surface area contributed by atoms with Crippen molar-refractivity contribution in [1.82, 2.24) is 0 Å². The van der Waals surface area contributed by atoms with Gasteiger partial charge in [-0.15, -0.1) is 0 Å². The van der Waals surface area contributed by atoms with Gasteiger partial charge in [-0.05, 0) is 40.0 Å². The highest BCUT2D eigenvalue weighted by Crippen LogP contribution is 2.79. The second-order valence-electron chi connectivity index (χ2n) is 13.1. The zero-order chi connectivity index (χ0) is 29.1. The van der Waals surface area contributed by atoms with Gasteiger partial charge in [-0.3, -0.25) is 24.0 Å². The molecule has 0 aromatic heterocycles. The van der Waals surface area contributed by atoms with Crippen molar-refractivity contribution in [2.75, 3.05) is 7.11 Å². The average Bonchev–Trinajstić information content (AvgIpc) is 3.17. The van der Waals surface area contributed by atoms with E-state index in [9.17, 15) is 24.0 Å². The molecular formula is C30H38O9. The van der Waals surface area contributed by atoms with Gasteiger partial charge in [0, 0.05) is 42.1 Å². The Morgan fingerprint density at radius 2 is 1.67 bits per heavy atom. The number of carbonyl (C=O) groups excluding carboxylic acids is 5. The number of allylic oxidation sites excluding steroid dienone is 3. The second kappa shape index (κ2) is 8.04. The summed E-state index contributed by atoms with van der Waals surface area (Å²) in [5.41, 5.74) is -5.02. The van der Waals surface area contributed by atoms with Crippen molar-refractivity contribution in [3.8, 4) is 0 Å². The van der Waals surface area contributed by atoms with Gasteiger partial charge in [-0.25, -0.2) is 0 Å². The number of methoxy groups -OCH3 is 1. The van der Waals surface area contributed by atoms with Gasteiger partial charge >= 0.3 is 23.9 Å². The molecule has 5 rings (SSSR count). The first-order chi connectivity index (χ1) is 18.0. The molecule has 2 bridgehead atoms. The van der Waals surface area contributed by atoms with Crippen LogP contribution in [-0.2, 0) is 42.9 Å². The lowest BCUT2D eigenvalue weighted by Gasteiger charge is -2.66. The topological polar surface area (TPSA) is 122 Å². The maximum Gasteiger partial charge on any atom is 0.321 e. The molecule has 1 aliphatic heterocycles. The van der Waals surface area contributed by atoms with Gasteiger partial charge in [0.2, 0.25) is 0 Å². The minimum absolute atomic E-state index is 0.00357. The Hall–Kier alpha value is -2.97. The largest absolute Gasteiger partial charge is 0.468 e. The molecule has 8 atom stereocenters. The molecule has 1 heterocycles. The molecule has 1 saturated heterocycles. The van der Waals surface area contributed by atoms with Crippen LogP contribution in [-0.4, -0.2) is 49.0 Å². The van der Waals surface area contributed by atoms with E-state index in [4.69, 9.17) is 18.9 Å². The Bertz CT molecular complexity index is 1290. The number of ether oxygens (including phenoxy) is 4. The Morgan fingerprint density at radius 1 is 1.03 bits per heavy atom. The van der Waals surface area contributed by atoms with Crippen molar-refractivity contribution >= 4 is 29.7 Å². The van der Waals surface area contributed by atoms with Crippen LogP contribution in [0.1, 0.15) is 74.7 Å². The second-order valence-corrected chi connectivity index (χ2v) is 13.1. The number of hydrogen-bond acceptors (Lipinski definition) is 9. The third-order valence-electron chi connectivity index (χ3n) is 11.2. The number of rotatable bonds is 3. The maximum absolute atomic E-state index is 14.2. The van der Waals surface area contributed by atoms with Crippen LogP contribution in [0.2, 0.25) is 0 Å². The van der Waals surface area contributed by atoms with Gasteiger partial charge in [0.1, 0.15) is 23.4 Å². The SMILES string of the molecule is COC(=O)[C@@]12C(OC(C)=O)=C(C)C(=O)[C@]1(C)C(C)=CC1[C@]34CC[C@H](OC(C)=O)C(C)(C)C3[C@H](C[C@@]12C)OC4=O. The monoisotopic (exact) mass is 542 g/mol. The Labute approximate surface area is 228 Å². The molecule has 212 valence electrons. The molecule has 0 N–H and O–H groups in total. The van der Waals surface area contributed by atoms with Crippen molar-refractivity contribution in [2.45, 2.75) is 86.9 Å². The van der Waals surface area contributed by atoms with Gasteiger partial charge in [0.25, 0.3) is 0 Å². The molecule has 9 nitrogen and oxygen atoms in total. The summed E-state index contributed by atoms with van der Waals surface area (Å²) < 4.78 is 23.1. The smallest absolute Gasteiger partial charge is 0.321 e. The lowest BCUT2D eigenvalue weighted by molar-refractivity contribution is -0.218. The van der Waals surface area contributed by atoms with E-state index in [2.05, 4.69) is 0 Å². The molecule has 0 aromatic carbocycles. The zero-order valence-corrected chi connectivity index (χ0v) is 24.2. The molecule has 0 amide bonds. The number of ketones is 1. The first-order valence-corrected chi connectivity index (χ1v) is 13.6. The summed E-state index contributed by atoms with van der Waals surface area (Å²) in [5.74, 6) is -3.21. The lowest BCUT2D eigenvalue weighted by atomic mass is 9.33. The molecule has 0 radical (unpaired) electrons. The number of Topliss-reactive ketones (excluding diaryl/α,β-unsaturated/α-hetero) is 1. The number of esters is 4. The summed E-state index contributed by atoms with van der Waals surface area (Å²) in [6.45, 7) is 13.6. The Balaban J connectivity index is 1.82. The highest BCUT2D eigenvalue weighted by Gasteiger charge is 2.85. The third kappa shape index (κ3) is 2.84. The number of carbonyl (C=O) groups is 5. The van der Waals surface area contributed by atoms with Crippen LogP contribution in [0.5, 0.6) is 0 Å². The molecule has 5 aliphatic rings. The highest BCUT2D eigenvalue weighted by molar-refractivity contribution is 6.12. The van der Waals surface area contributed by atoms with Crippen molar-refractivity contribution in [3.63, 3.8) is 0 Å². The summed E-state index contributed by atoms with van der Waals surface area (Å²) in [5, 5.41) is 0. The van der Waals surface area contributed by atoms with E-state index in [1.54, 1.807) is 20.8 Å². The van der Waals surface area contributed by atoms with Crippen LogP contribution in [0, 0.1) is 38.9 Å². The summed E-state index contributed by atoms with van der Waals surface area (Å²) >= 11 is 0. The van der Waals surface area contributed by atoms with Crippen LogP contribution >= 0.6 is 0 Å². The van der Waals surface area contributed by atoms with Crippen molar-refractivity contribution in [2.24, 2.45) is 38.9 Å². The average molecular weight is 543 g/mol. The Morgan fingerprint density at radius 3 is 2.23 bits per heavy atom. The fourth-order valence-electron chi connectivity index (χ4n) is 9.85. The van der Waals surface area contributed by atoms with E-state index in [1.807, 2.05) is 26.8 Å². The minimum Gasteiger partial charge on any atom is -0.468 e. The predicted molar refractivity (Wildman–Crippen MR) is 136 cm³/mol.